The fourth-order valence-corrected chi connectivity index (χ4v) is 4.28. The summed E-state index contributed by atoms with van der Waals surface area (Å²) >= 11 is 1.37. The van der Waals surface area contributed by atoms with Crippen LogP contribution in [0.5, 0.6) is 0 Å². The number of hydrogen-bond acceptors (Lipinski definition) is 4. The molecule has 0 saturated heterocycles. The molecule has 0 atom stereocenters. The molecule has 0 bridgehead atoms. The van der Waals surface area contributed by atoms with Crippen LogP contribution in [0.3, 0.4) is 0 Å². The van der Waals surface area contributed by atoms with E-state index in [0.29, 0.717) is 4.96 Å². The number of amides is 1. The predicted molar refractivity (Wildman–Crippen MR) is 113 cm³/mol. The molecule has 6 heteroatoms. The monoisotopic (exact) mass is 389 g/mol. The zero-order valence-corrected chi connectivity index (χ0v) is 16.6. The van der Waals surface area contributed by atoms with E-state index < -0.39 is 5.91 Å². The number of thiazole rings is 1. The number of benzene rings is 2. The lowest BCUT2D eigenvalue weighted by atomic mass is 10.0. The van der Waals surface area contributed by atoms with E-state index in [4.69, 9.17) is 0 Å². The first-order chi connectivity index (χ1) is 13.5. The molecule has 1 N–H and O–H groups in total. The maximum atomic E-state index is 13.1. The highest BCUT2D eigenvalue weighted by Gasteiger charge is 2.18. The normalized spacial score (nSPS) is 11.0. The second kappa shape index (κ2) is 7.05. The maximum absolute atomic E-state index is 13.1. The Morgan fingerprint density at radius 3 is 2.43 bits per heavy atom. The SMILES string of the molecule is Cc1cc(C)c(NC(=O)c2cnc3scc(-c4ccccc4)n3c2=O)c(C)c1. The van der Waals surface area contributed by atoms with Crippen LogP contribution in [0, 0.1) is 20.8 Å². The zero-order chi connectivity index (χ0) is 19.8. The van der Waals surface area contributed by atoms with Gasteiger partial charge in [0.15, 0.2) is 4.96 Å². The van der Waals surface area contributed by atoms with E-state index in [2.05, 4.69) is 10.3 Å². The maximum Gasteiger partial charge on any atom is 0.271 e. The van der Waals surface area contributed by atoms with Crippen LogP contribution in [0.4, 0.5) is 5.69 Å². The lowest BCUT2D eigenvalue weighted by Gasteiger charge is -2.12. The molecule has 0 radical (unpaired) electrons. The summed E-state index contributed by atoms with van der Waals surface area (Å²) in [5, 5.41) is 4.77. The largest absolute Gasteiger partial charge is 0.321 e. The summed E-state index contributed by atoms with van der Waals surface area (Å²) in [6.07, 6.45) is 1.36. The molecule has 0 fully saturated rings. The van der Waals surface area contributed by atoms with Crippen LogP contribution in [-0.2, 0) is 0 Å². The molecule has 0 aliphatic carbocycles. The van der Waals surface area contributed by atoms with Crippen molar-refractivity contribution in [1.29, 1.82) is 0 Å². The molecule has 0 spiro atoms. The Labute approximate surface area is 166 Å². The summed E-state index contributed by atoms with van der Waals surface area (Å²) in [5.41, 5.74) is 5.06. The second-order valence-electron chi connectivity index (χ2n) is 6.81. The van der Waals surface area contributed by atoms with Gasteiger partial charge in [0.05, 0.1) is 5.69 Å². The minimum absolute atomic E-state index is 0.0208. The van der Waals surface area contributed by atoms with Gasteiger partial charge in [0.1, 0.15) is 5.56 Å². The predicted octanol–water partition coefficient (Wildman–Crippen LogP) is 4.60. The third-order valence-electron chi connectivity index (χ3n) is 4.68. The number of nitrogens with one attached hydrogen (secondary N) is 1. The van der Waals surface area contributed by atoms with Crippen molar-refractivity contribution in [2.75, 3.05) is 5.32 Å². The first kappa shape index (κ1) is 18.1. The molecule has 0 unspecified atom stereocenters. The van der Waals surface area contributed by atoms with Crippen LogP contribution in [0.1, 0.15) is 27.0 Å². The van der Waals surface area contributed by atoms with E-state index >= 15 is 0 Å². The third-order valence-corrected chi connectivity index (χ3v) is 5.52. The molecular weight excluding hydrogens is 370 g/mol. The molecule has 1 amide bonds. The van der Waals surface area contributed by atoms with Gasteiger partial charge in [-0.05, 0) is 37.5 Å². The van der Waals surface area contributed by atoms with Crippen LogP contribution >= 0.6 is 11.3 Å². The van der Waals surface area contributed by atoms with E-state index in [9.17, 15) is 9.59 Å². The highest BCUT2D eigenvalue weighted by Crippen LogP contribution is 2.25. The first-order valence-corrected chi connectivity index (χ1v) is 9.77. The summed E-state index contributed by atoms with van der Waals surface area (Å²) in [6, 6.07) is 13.6. The number of aryl methyl sites for hydroxylation is 3. The first-order valence-electron chi connectivity index (χ1n) is 8.89. The van der Waals surface area contributed by atoms with E-state index in [1.165, 1.54) is 21.9 Å². The molecule has 0 aliphatic heterocycles. The number of carbonyl (C=O) groups excluding carboxylic acids is 1. The molecule has 140 valence electrons. The molecule has 28 heavy (non-hydrogen) atoms. The molecule has 4 rings (SSSR count). The smallest absolute Gasteiger partial charge is 0.271 e. The van der Waals surface area contributed by atoms with E-state index in [1.54, 1.807) is 0 Å². The third kappa shape index (κ3) is 3.12. The van der Waals surface area contributed by atoms with Gasteiger partial charge in [-0.3, -0.25) is 14.0 Å². The fraction of sp³-hybridized carbons (Fsp3) is 0.136. The van der Waals surface area contributed by atoms with Gasteiger partial charge in [0, 0.05) is 17.3 Å². The van der Waals surface area contributed by atoms with Gasteiger partial charge in [-0.25, -0.2) is 4.98 Å². The van der Waals surface area contributed by atoms with E-state index in [0.717, 1.165) is 33.6 Å². The van der Waals surface area contributed by atoms with Crippen molar-refractivity contribution in [2.45, 2.75) is 20.8 Å². The standard InChI is InChI=1S/C22H19N3O2S/c1-13-9-14(2)19(15(3)10-13)24-20(26)17-11-23-22-25(21(17)27)18(12-28-22)16-7-5-4-6-8-16/h4-12H,1-3H3,(H,24,26). The lowest BCUT2D eigenvalue weighted by Crippen LogP contribution is -2.27. The molecule has 4 aromatic rings. The van der Waals surface area contributed by atoms with Crippen molar-refractivity contribution in [3.05, 3.63) is 86.6 Å². The van der Waals surface area contributed by atoms with Crippen LogP contribution in [0.2, 0.25) is 0 Å². The number of fused-ring (bicyclic) bond motifs is 1. The summed E-state index contributed by atoms with van der Waals surface area (Å²) in [7, 11) is 0. The number of anilines is 1. The van der Waals surface area contributed by atoms with Crippen LogP contribution < -0.4 is 10.9 Å². The fourth-order valence-electron chi connectivity index (χ4n) is 3.42. The lowest BCUT2D eigenvalue weighted by molar-refractivity contribution is 0.102. The van der Waals surface area contributed by atoms with Gasteiger partial charge in [-0.2, -0.15) is 0 Å². The van der Waals surface area contributed by atoms with Gasteiger partial charge in [0.25, 0.3) is 11.5 Å². The Morgan fingerprint density at radius 1 is 1.07 bits per heavy atom. The van der Waals surface area contributed by atoms with Crippen molar-refractivity contribution in [3.8, 4) is 11.3 Å². The number of nitrogens with zero attached hydrogens (tertiary/aromatic N) is 2. The van der Waals surface area contributed by atoms with Gasteiger partial charge in [-0.1, -0.05) is 48.0 Å². The zero-order valence-electron chi connectivity index (χ0n) is 15.8. The van der Waals surface area contributed by atoms with Crippen LogP contribution in [0.15, 0.2) is 58.8 Å². The van der Waals surface area contributed by atoms with Crippen molar-refractivity contribution in [2.24, 2.45) is 0 Å². The van der Waals surface area contributed by atoms with Crippen molar-refractivity contribution < 1.29 is 4.79 Å². The number of aromatic nitrogens is 2. The van der Waals surface area contributed by atoms with Crippen LogP contribution in [0.25, 0.3) is 16.2 Å². The molecule has 0 saturated carbocycles. The summed E-state index contributed by atoms with van der Waals surface area (Å²) in [6.45, 7) is 5.89. The average molecular weight is 389 g/mol. The minimum Gasteiger partial charge on any atom is -0.321 e. The Hall–Kier alpha value is -3.25. The minimum atomic E-state index is -0.452. The highest BCUT2D eigenvalue weighted by atomic mass is 32.1. The molecule has 5 nitrogen and oxygen atoms in total. The second-order valence-corrected chi connectivity index (χ2v) is 7.65. The van der Waals surface area contributed by atoms with Gasteiger partial charge in [0.2, 0.25) is 0 Å². The Bertz CT molecular complexity index is 1230. The molecular formula is C22H19N3O2S. The topological polar surface area (TPSA) is 63.5 Å². The van der Waals surface area contributed by atoms with Crippen molar-refractivity contribution in [1.82, 2.24) is 9.38 Å². The van der Waals surface area contributed by atoms with Gasteiger partial charge >= 0.3 is 0 Å². The van der Waals surface area contributed by atoms with Gasteiger partial charge in [-0.15, -0.1) is 11.3 Å². The quantitative estimate of drug-likeness (QED) is 0.557. The van der Waals surface area contributed by atoms with Crippen molar-refractivity contribution in [3.63, 3.8) is 0 Å². The summed E-state index contributed by atoms with van der Waals surface area (Å²) in [4.78, 5) is 30.9. The Balaban J connectivity index is 1.79. The van der Waals surface area contributed by atoms with E-state index in [-0.39, 0.29) is 11.1 Å². The Morgan fingerprint density at radius 2 is 1.75 bits per heavy atom. The number of carbonyl (C=O) groups is 1. The summed E-state index contributed by atoms with van der Waals surface area (Å²) in [5.74, 6) is -0.452. The van der Waals surface area contributed by atoms with Gasteiger partial charge < -0.3 is 5.32 Å². The van der Waals surface area contributed by atoms with Crippen molar-refractivity contribution >= 4 is 27.9 Å². The molecule has 0 aliphatic rings. The summed E-state index contributed by atoms with van der Waals surface area (Å²) < 4.78 is 1.50. The highest BCUT2D eigenvalue weighted by molar-refractivity contribution is 7.15. The average Bonchev–Trinajstić information content (AvgIpc) is 3.10. The van der Waals surface area contributed by atoms with Crippen LogP contribution in [-0.4, -0.2) is 15.3 Å². The number of rotatable bonds is 3. The number of hydrogen-bond donors (Lipinski definition) is 1. The molecule has 2 heterocycles. The molecule has 2 aromatic heterocycles. The van der Waals surface area contributed by atoms with E-state index in [1.807, 2.05) is 68.6 Å². The molecule has 2 aromatic carbocycles. The Kier molecular flexibility index (Phi) is 4.57.